The van der Waals surface area contributed by atoms with Gasteiger partial charge < -0.3 is 19.5 Å². The second-order valence-corrected chi connectivity index (χ2v) is 9.26. The summed E-state index contributed by atoms with van der Waals surface area (Å²) in [5.41, 5.74) is 3.88. The second-order valence-electron chi connectivity index (χ2n) is 8.85. The number of nitrogens with zero attached hydrogens (tertiary/aromatic N) is 2. The maximum absolute atomic E-state index is 13.4. The zero-order valence-corrected chi connectivity index (χ0v) is 21.2. The number of aryl methyl sites for hydroxylation is 1. The van der Waals surface area contributed by atoms with E-state index < -0.39 is 0 Å². The number of aromatic hydroxyl groups is 1. The predicted octanol–water partition coefficient (Wildman–Crippen LogP) is 5.89. The van der Waals surface area contributed by atoms with Crippen LogP contribution in [-0.4, -0.2) is 53.0 Å². The van der Waals surface area contributed by atoms with Crippen molar-refractivity contribution < 1.29 is 19.4 Å². The maximum atomic E-state index is 13.4. The Hall–Kier alpha value is -3.03. The van der Waals surface area contributed by atoms with E-state index in [0.29, 0.717) is 48.2 Å². The molecule has 1 atom stereocenters. The van der Waals surface area contributed by atoms with Crippen LogP contribution in [0.25, 0.3) is 11.3 Å². The lowest BCUT2D eigenvalue weighted by atomic mass is 9.95. The average Bonchev–Trinajstić information content (AvgIpc) is 3.39. The van der Waals surface area contributed by atoms with Crippen LogP contribution in [0.1, 0.15) is 65.8 Å². The van der Waals surface area contributed by atoms with Crippen molar-refractivity contribution in [3.8, 4) is 22.8 Å². The highest BCUT2D eigenvalue weighted by Gasteiger charge is 2.42. The lowest BCUT2D eigenvalue weighted by Crippen LogP contribution is -2.31. The number of nitrogens with one attached hydrogen (secondary N) is 1. The van der Waals surface area contributed by atoms with Crippen molar-refractivity contribution in [1.82, 2.24) is 15.1 Å². The van der Waals surface area contributed by atoms with Crippen LogP contribution in [0.5, 0.6) is 11.5 Å². The van der Waals surface area contributed by atoms with E-state index >= 15 is 0 Å². The summed E-state index contributed by atoms with van der Waals surface area (Å²) in [6, 6.07) is 10.8. The number of rotatable bonds is 11. The Morgan fingerprint density at radius 3 is 2.63 bits per heavy atom. The number of hydrogen-bond acceptors (Lipinski definition) is 5. The van der Waals surface area contributed by atoms with Crippen LogP contribution < -0.4 is 4.74 Å². The molecule has 186 valence electrons. The number of aromatic amines is 1. The number of phenols is 1. The first-order chi connectivity index (χ1) is 17.0. The number of methoxy groups -OCH3 is 1. The van der Waals surface area contributed by atoms with E-state index in [1.165, 1.54) is 0 Å². The van der Waals surface area contributed by atoms with Gasteiger partial charge in [0.25, 0.3) is 5.91 Å². The average molecular weight is 498 g/mol. The molecule has 1 aliphatic rings. The van der Waals surface area contributed by atoms with Crippen LogP contribution in [0.3, 0.4) is 0 Å². The summed E-state index contributed by atoms with van der Waals surface area (Å²) in [6.45, 7) is 5.75. The number of benzene rings is 2. The molecule has 7 nitrogen and oxygen atoms in total. The van der Waals surface area contributed by atoms with E-state index in [-0.39, 0.29) is 17.7 Å². The molecule has 0 aliphatic carbocycles. The van der Waals surface area contributed by atoms with E-state index in [2.05, 4.69) is 17.1 Å². The summed E-state index contributed by atoms with van der Waals surface area (Å²) < 4.78 is 11.1. The van der Waals surface area contributed by atoms with E-state index in [0.717, 1.165) is 41.7 Å². The third-order valence-electron chi connectivity index (χ3n) is 6.36. The molecule has 35 heavy (non-hydrogen) atoms. The minimum Gasteiger partial charge on any atom is -0.507 e. The summed E-state index contributed by atoms with van der Waals surface area (Å²) >= 11 is 6.37. The van der Waals surface area contributed by atoms with Gasteiger partial charge in [0.2, 0.25) is 0 Å². The van der Waals surface area contributed by atoms with Crippen LogP contribution in [0, 0.1) is 6.92 Å². The molecule has 3 aromatic rings. The Kier molecular flexibility index (Phi) is 7.98. The standard InChI is InChI=1S/C27H32ClN3O4/c1-4-5-6-14-35-19-10-8-18(9-11-19)26-23-24(20-16-21(28)17(2)15-22(20)32)29-30-25(23)27(33)31(26)12-7-13-34-3/h8-11,15-16,26,32H,4-7,12-14H2,1-3H3,(H,29,30). The molecule has 8 heteroatoms. The van der Waals surface area contributed by atoms with E-state index in [1.54, 1.807) is 19.2 Å². The van der Waals surface area contributed by atoms with E-state index in [1.807, 2.05) is 36.1 Å². The van der Waals surface area contributed by atoms with Gasteiger partial charge in [-0.15, -0.1) is 0 Å². The summed E-state index contributed by atoms with van der Waals surface area (Å²) in [7, 11) is 1.65. The van der Waals surface area contributed by atoms with Crippen molar-refractivity contribution in [3.05, 3.63) is 63.8 Å². The van der Waals surface area contributed by atoms with Gasteiger partial charge in [-0.25, -0.2) is 0 Å². The molecule has 4 rings (SSSR count). The lowest BCUT2D eigenvalue weighted by molar-refractivity contribution is 0.0723. The third kappa shape index (κ3) is 5.16. The number of aromatic nitrogens is 2. The number of amides is 1. The van der Waals surface area contributed by atoms with Gasteiger partial charge in [0.1, 0.15) is 22.9 Å². The smallest absolute Gasteiger partial charge is 0.273 e. The number of carbonyl (C=O) groups is 1. The van der Waals surface area contributed by atoms with E-state index in [9.17, 15) is 9.90 Å². The molecule has 0 radical (unpaired) electrons. The highest BCUT2D eigenvalue weighted by molar-refractivity contribution is 6.31. The second kappa shape index (κ2) is 11.1. The first-order valence-corrected chi connectivity index (χ1v) is 12.4. The van der Waals surface area contributed by atoms with Crippen LogP contribution in [0.15, 0.2) is 36.4 Å². The van der Waals surface area contributed by atoms with E-state index in [4.69, 9.17) is 21.1 Å². The minimum atomic E-state index is -0.364. The van der Waals surface area contributed by atoms with Gasteiger partial charge in [-0.2, -0.15) is 5.10 Å². The Bertz CT molecular complexity index is 1180. The van der Waals surface area contributed by atoms with Crippen molar-refractivity contribution in [2.45, 2.75) is 45.6 Å². The number of phenolic OH excluding ortho intramolecular Hbond substituents is 1. The molecule has 1 aromatic heterocycles. The number of halogens is 1. The molecule has 2 aromatic carbocycles. The lowest BCUT2D eigenvalue weighted by Gasteiger charge is -2.26. The number of carbonyl (C=O) groups excluding carboxylic acids is 1. The molecular weight excluding hydrogens is 466 g/mol. The predicted molar refractivity (Wildman–Crippen MR) is 136 cm³/mol. The Morgan fingerprint density at radius 2 is 1.91 bits per heavy atom. The van der Waals surface area contributed by atoms with Gasteiger partial charge in [0.05, 0.1) is 12.6 Å². The maximum Gasteiger partial charge on any atom is 0.273 e. The van der Waals surface area contributed by atoms with Gasteiger partial charge in [0.15, 0.2) is 0 Å². The van der Waals surface area contributed by atoms with Gasteiger partial charge in [-0.1, -0.05) is 43.5 Å². The number of fused-ring (bicyclic) bond motifs is 1. The van der Waals surface area contributed by atoms with Crippen molar-refractivity contribution in [3.63, 3.8) is 0 Å². The fraction of sp³-hybridized carbons (Fsp3) is 0.407. The molecule has 0 bridgehead atoms. The van der Waals surface area contributed by atoms with Gasteiger partial charge >= 0.3 is 0 Å². The highest BCUT2D eigenvalue weighted by atomic mass is 35.5. The normalized spacial score (nSPS) is 15.0. The number of H-pyrrole nitrogens is 1. The van der Waals surface area contributed by atoms with Crippen LogP contribution in [0.4, 0.5) is 0 Å². The monoisotopic (exact) mass is 497 g/mol. The fourth-order valence-electron chi connectivity index (χ4n) is 4.50. The number of hydrogen-bond donors (Lipinski definition) is 2. The van der Waals surface area contributed by atoms with Crippen molar-refractivity contribution >= 4 is 17.5 Å². The molecule has 2 heterocycles. The topological polar surface area (TPSA) is 87.7 Å². The molecule has 1 aliphatic heterocycles. The Morgan fingerprint density at radius 1 is 1.14 bits per heavy atom. The zero-order valence-electron chi connectivity index (χ0n) is 20.4. The van der Waals surface area contributed by atoms with Crippen molar-refractivity contribution in [1.29, 1.82) is 0 Å². The summed E-state index contributed by atoms with van der Waals surface area (Å²) in [5.74, 6) is 0.745. The first kappa shape index (κ1) is 25.1. The molecular formula is C27H32ClN3O4. The van der Waals surface area contributed by atoms with Crippen LogP contribution in [0.2, 0.25) is 5.02 Å². The molecule has 1 unspecified atom stereocenters. The van der Waals surface area contributed by atoms with Gasteiger partial charge in [-0.3, -0.25) is 9.89 Å². The van der Waals surface area contributed by atoms with Crippen LogP contribution in [-0.2, 0) is 4.74 Å². The summed E-state index contributed by atoms with van der Waals surface area (Å²) in [6.07, 6.45) is 4.01. The molecule has 1 amide bonds. The fourth-order valence-corrected chi connectivity index (χ4v) is 4.67. The molecule has 0 saturated heterocycles. The SMILES string of the molecule is CCCCCOc1ccc(C2c3c(-c4cc(Cl)c(C)cc4O)n[nH]c3C(=O)N2CCCOC)cc1. The Labute approximate surface area is 211 Å². The molecule has 0 saturated carbocycles. The first-order valence-electron chi connectivity index (χ1n) is 12.1. The minimum absolute atomic E-state index is 0.0704. The van der Waals surface area contributed by atoms with Gasteiger partial charge in [0, 0.05) is 36.4 Å². The summed E-state index contributed by atoms with van der Waals surface area (Å²) in [4.78, 5) is 15.2. The Balaban J connectivity index is 1.71. The molecule has 0 spiro atoms. The highest BCUT2D eigenvalue weighted by Crippen LogP contribution is 2.45. The molecule has 0 fully saturated rings. The largest absolute Gasteiger partial charge is 0.507 e. The zero-order chi connectivity index (χ0) is 24.9. The van der Waals surface area contributed by atoms with Crippen molar-refractivity contribution in [2.75, 3.05) is 26.9 Å². The third-order valence-corrected chi connectivity index (χ3v) is 6.76. The number of ether oxygens (including phenoxy) is 2. The van der Waals surface area contributed by atoms with Gasteiger partial charge in [-0.05, 0) is 55.2 Å². The summed E-state index contributed by atoms with van der Waals surface area (Å²) in [5, 5.41) is 18.6. The van der Waals surface area contributed by atoms with Crippen molar-refractivity contribution in [2.24, 2.45) is 0 Å². The number of unbranched alkanes of at least 4 members (excludes halogenated alkanes) is 2. The molecule has 2 N–H and O–H groups in total. The quantitative estimate of drug-likeness (QED) is 0.322. The van der Waals surface area contributed by atoms with Crippen LogP contribution >= 0.6 is 11.6 Å².